The number of nitrogens with two attached hydrogens (primary N) is 1. The van der Waals surface area contributed by atoms with Crippen LogP contribution in [-0.4, -0.2) is 22.4 Å². The Morgan fingerprint density at radius 1 is 0.593 bits per heavy atom. The zero-order valence-electron chi connectivity index (χ0n) is 32.8. The number of amidine groups is 1. The minimum atomic E-state index is -0.712. The van der Waals surface area contributed by atoms with Crippen LogP contribution in [0.2, 0.25) is 0 Å². The average Bonchev–Trinajstić information content (AvgIpc) is 3.81. The molecule has 0 aliphatic rings. The van der Waals surface area contributed by atoms with Gasteiger partial charge in [0.05, 0.1) is 11.0 Å². The van der Waals surface area contributed by atoms with Crippen molar-refractivity contribution in [3.63, 3.8) is 0 Å². The standard InChI is InChI=1S/C54H40N4O/c1-3-34-15-7-12-23-41(34)33-57(2)54(35-16-5-4-6-17-35)56-53(55)47-29-40-22-13-14-24-43(40)52-51(47)46-32-42(25-26-50(46)59-52)58-48-30-38-20-10-8-18-36(38)27-44(48)45-28-37-19-9-11-21-39(37)31-49(45)58/h3-33,53H,55H2,1-2H3/b34-3-,41-33-,56-54?. The predicted molar refractivity (Wildman–Crippen MR) is 249 cm³/mol. The lowest BCUT2D eigenvalue weighted by molar-refractivity contribution is 0.671. The molecule has 0 saturated heterocycles. The second-order valence-electron chi connectivity index (χ2n) is 15.4. The molecule has 0 amide bonds. The summed E-state index contributed by atoms with van der Waals surface area (Å²) in [6, 6.07) is 62.3. The maximum atomic E-state index is 7.33. The third kappa shape index (κ3) is 5.78. The molecular formula is C54H40N4O. The first-order valence-electron chi connectivity index (χ1n) is 20.1. The van der Waals surface area contributed by atoms with Crippen LogP contribution in [0.5, 0.6) is 0 Å². The number of hydrogen-bond donors (Lipinski definition) is 1. The molecule has 11 aromatic rings. The van der Waals surface area contributed by atoms with Crippen LogP contribution in [0.4, 0.5) is 0 Å². The third-order valence-electron chi connectivity index (χ3n) is 11.8. The zero-order valence-corrected chi connectivity index (χ0v) is 32.8. The normalized spacial score (nSPS) is 13.6. The van der Waals surface area contributed by atoms with Crippen molar-refractivity contribution in [2.24, 2.45) is 10.7 Å². The summed E-state index contributed by atoms with van der Waals surface area (Å²) in [6.07, 6.45) is 3.54. The molecule has 1 unspecified atom stereocenters. The fourth-order valence-corrected chi connectivity index (χ4v) is 8.99. The average molecular weight is 761 g/mol. The van der Waals surface area contributed by atoms with Crippen molar-refractivity contribution < 1.29 is 4.42 Å². The van der Waals surface area contributed by atoms with Crippen LogP contribution in [-0.2, 0) is 0 Å². The summed E-state index contributed by atoms with van der Waals surface area (Å²) in [7, 11) is 2.04. The molecular weight excluding hydrogens is 721 g/mol. The van der Waals surface area contributed by atoms with E-state index in [-0.39, 0.29) is 0 Å². The van der Waals surface area contributed by atoms with E-state index in [0.717, 1.165) is 76.8 Å². The fourth-order valence-electron chi connectivity index (χ4n) is 8.99. The molecule has 0 fully saturated rings. The summed E-state index contributed by atoms with van der Waals surface area (Å²) in [5.41, 5.74) is 14.2. The first kappa shape index (κ1) is 34.8. The highest BCUT2D eigenvalue weighted by Crippen LogP contribution is 2.42. The van der Waals surface area contributed by atoms with Gasteiger partial charge in [0.25, 0.3) is 0 Å². The number of nitrogens with zero attached hydrogens (tertiary/aromatic N) is 3. The van der Waals surface area contributed by atoms with E-state index < -0.39 is 6.17 Å². The highest BCUT2D eigenvalue weighted by molar-refractivity contribution is 6.19. The molecule has 0 saturated carbocycles. The summed E-state index contributed by atoms with van der Waals surface area (Å²) < 4.78 is 9.23. The summed E-state index contributed by atoms with van der Waals surface area (Å²) in [5.74, 6) is 0.767. The van der Waals surface area contributed by atoms with Gasteiger partial charge in [-0.1, -0.05) is 133 Å². The van der Waals surface area contributed by atoms with Crippen molar-refractivity contribution >= 4 is 94.2 Å². The molecule has 1 atom stereocenters. The second-order valence-corrected chi connectivity index (χ2v) is 15.4. The Bertz CT molecular complexity index is 3520. The number of furan rings is 1. The Balaban J connectivity index is 1.16. The van der Waals surface area contributed by atoms with Crippen molar-refractivity contribution in [1.29, 1.82) is 0 Å². The summed E-state index contributed by atoms with van der Waals surface area (Å²) >= 11 is 0. The van der Waals surface area contributed by atoms with Gasteiger partial charge in [-0.25, -0.2) is 4.99 Å². The quantitative estimate of drug-likeness (QED) is 0.140. The van der Waals surface area contributed by atoms with Gasteiger partial charge in [-0.05, 0) is 92.8 Å². The molecule has 0 aliphatic carbocycles. The van der Waals surface area contributed by atoms with Crippen LogP contribution in [0.25, 0.3) is 94.0 Å². The van der Waals surface area contributed by atoms with E-state index in [9.17, 15) is 0 Å². The van der Waals surface area contributed by atoms with Crippen molar-refractivity contribution in [2.45, 2.75) is 13.1 Å². The van der Waals surface area contributed by atoms with E-state index >= 15 is 0 Å². The van der Waals surface area contributed by atoms with Crippen LogP contribution < -0.4 is 16.2 Å². The van der Waals surface area contributed by atoms with Crippen LogP contribution in [0, 0.1) is 0 Å². The lowest BCUT2D eigenvalue weighted by atomic mass is 9.98. The van der Waals surface area contributed by atoms with E-state index in [0.29, 0.717) is 0 Å². The Hall–Kier alpha value is -7.47. The zero-order chi connectivity index (χ0) is 39.6. The first-order valence-corrected chi connectivity index (χ1v) is 20.1. The topological polar surface area (TPSA) is 59.7 Å². The van der Waals surface area contributed by atoms with E-state index in [1.807, 2.05) is 25.2 Å². The molecule has 0 bridgehead atoms. The number of fused-ring (bicyclic) bond motifs is 10. The number of rotatable bonds is 5. The van der Waals surface area contributed by atoms with Crippen LogP contribution >= 0.6 is 0 Å². The summed E-state index contributed by atoms with van der Waals surface area (Å²) in [6.45, 7) is 2.06. The van der Waals surface area contributed by atoms with Gasteiger partial charge in [0.15, 0.2) is 0 Å². The molecule has 5 heteroatoms. The molecule has 2 aromatic heterocycles. The monoisotopic (exact) mass is 760 g/mol. The van der Waals surface area contributed by atoms with Gasteiger partial charge in [-0.3, -0.25) is 0 Å². The molecule has 2 heterocycles. The van der Waals surface area contributed by atoms with Gasteiger partial charge in [-0.15, -0.1) is 0 Å². The first-order chi connectivity index (χ1) is 29.0. The Labute approximate surface area is 340 Å². The molecule has 0 spiro atoms. The summed E-state index contributed by atoms with van der Waals surface area (Å²) in [4.78, 5) is 7.44. The fraction of sp³-hybridized carbons (Fsp3) is 0.0556. The Morgan fingerprint density at radius 3 is 1.83 bits per heavy atom. The van der Waals surface area contributed by atoms with E-state index in [2.05, 4.69) is 186 Å². The SMILES string of the molecule is C/C=c1/cccc/c1=C/N(C)C(=NC(N)c1cc2ccccc2c2oc3ccc(-n4c5cc6ccccc6cc5c5cc6ccccc6cc54)cc3c12)c1ccccc1. The van der Waals surface area contributed by atoms with Gasteiger partial charge in [0.2, 0.25) is 0 Å². The van der Waals surface area contributed by atoms with E-state index in [1.165, 1.54) is 32.3 Å². The predicted octanol–water partition coefficient (Wildman–Crippen LogP) is 11.7. The number of aliphatic imine (C=N–C) groups is 1. The number of hydrogen-bond acceptors (Lipinski definition) is 3. The van der Waals surface area contributed by atoms with Crippen LogP contribution in [0.15, 0.2) is 185 Å². The molecule has 0 radical (unpaired) electrons. The minimum absolute atomic E-state index is 0.712. The van der Waals surface area contributed by atoms with Crippen molar-refractivity contribution in [1.82, 2.24) is 9.47 Å². The van der Waals surface area contributed by atoms with Gasteiger partial charge >= 0.3 is 0 Å². The number of aromatic nitrogens is 1. The van der Waals surface area contributed by atoms with Crippen LogP contribution in [0.3, 0.4) is 0 Å². The Kier molecular flexibility index (Phi) is 8.17. The Morgan fingerprint density at radius 2 is 1.17 bits per heavy atom. The van der Waals surface area contributed by atoms with Crippen LogP contribution in [0.1, 0.15) is 24.2 Å². The highest BCUT2D eigenvalue weighted by Gasteiger charge is 2.22. The summed E-state index contributed by atoms with van der Waals surface area (Å²) in [5, 5.41) is 13.6. The van der Waals surface area contributed by atoms with Gasteiger partial charge in [-0.2, -0.15) is 0 Å². The molecule has 59 heavy (non-hydrogen) atoms. The molecule has 5 nitrogen and oxygen atoms in total. The van der Waals surface area contributed by atoms with Gasteiger partial charge < -0.3 is 19.6 Å². The van der Waals surface area contributed by atoms with E-state index in [1.54, 1.807) is 0 Å². The third-order valence-corrected chi connectivity index (χ3v) is 11.8. The molecule has 0 aliphatic heterocycles. The second kappa shape index (κ2) is 13.9. The molecule has 282 valence electrons. The maximum absolute atomic E-state index is 7.33. The highest BCUT2D eigenvalue weighted by atomic mass is 16.3. The molecule has 9 aromatic carbocycles. The minimum Gasteiger partial charge on any atom is -0.455 e. The van der Waals surface area contributed by atoms with E-state index in [4.69, 9.17) is 15.1 Å². The molecule has 2 N–H and O–H groups in total. The van der Waals surface area contributed by atoms with Crippen molar-refractivity contribution in [3.8, 4) is 5.69 Å². The van der Waals surface area contributed by atoms with Crippen molar-refractivity contribution in [2.75, 3.05) is 7.05 Å². The smallest absolute Gasteiger partial charge is 0.143 e. The number of benzene rings is 9. The van der Waals surface area contributed by atoms with Gasteiger partial charge in [0.1, 0.15) is 23.2 Å². The van der Waals surface area contributed by atoms with Crippen molar-refractivity contribution in [3.05, 3.63) is 197 Å². The largest absolute Gasteiger partial charge is 0.455 e. The van der Waals surface area contributed by atoms with Gasteiger partial charge in [0, 0.05) is 57.0 Å². The molecule has 11 rings (SSSR count). The lowest BCUT2D eigenvalue weighted by Gasteiger charge is -2.20. The lowest BCUT2D eigenvalue weighted by Crippen LogP contribution is -2.31. The maximum Gasteiger partial charge on any atom is 0.143 e.